The van der Waals surface area contributed by atoms with E-state index < -0.39 is 0 Å². The van der Waals surface area contributed by atoms with Crippen LogP contribution in [0.3, 0.4) is 0 Å². The van der Waals surface area contributed by atoms with Crippen LogP contribution in [0.4, 0.5) is 0 Å². The average molecular weight is 402 g/mol. The number of nitrogens with zero attached hydrogens (tertiary/aromatic N) is 3. The summed E-state index contributed by atoms with van der Waals surface area (Å²) in [5.41, 5.74) is 3.32. The van der Waals surface area contributed by atoms with Gasteiger partial charge in [0.25, 0.3) is 11.8 Å². The molecule has 1 aliphatic rings. The van der Waals surface area contributed by atoms with Gasteiger partial charge in [-0.05, 0) is 42.5 Å². The molecule has 0 aliphatic carbocycles. The lowest BCUT2D eigenvalue weighted by Crippen LogP contribution is -2.35. The molecule has 6 nitrogen and oxygen atoms in total. The fourth-order valence-electron chi connectivity index (χ4n) is 3.67. The Balaban J connectivity index is 1.30. The summed E-state index contributed by atoms with van der Waals surface area (Å²) >= 11 is 0. The van der Waals surface area contributed by atoms with Crippen molar-refractivity contribution in [3.8, 4) is 0 Å². The third kappa shape index (κ3) is 4.95. The zero-order valence-electron chi connectivity index (χ0n) is 17.0. The number of piperidine rings is 1. The predicted octanol–water partition coefficient (Wildman–Crippen LogP) is 3.49. The number of carbonyl (C=O) groups is 2. The standard InChI is InChI=1S/C24H26N4O2/c29-23(22-16-26-28(18-22)17-20-7-3-1-4-8-20)25-15-19-9-11-21(12-10-19)24(30)27-13-5-2-6-14-27/h1,3-4,7-12,16,18H,2,5-6,13-15,17H2,(H,25,29). The van der Waals surface area contributed by atoms with Crippen LogP contribution in [0.1, 0.15) is 51.1 Å². The molecule has 2 heterocycles. The highest BCUT2D eigenvalue weighted by Gasteiger charge is 2.18. The zero-order valence-corrected chi connectivity index (χ0v) is 17.0. The SMILES string of the molecule is O=C(NCc1ccc(C(=O)N2CCCCC2)cc1)c1cnn(Cc2ccccc2)c1. The molecule has 2 aromatic carbocycles. The first-order chi connectivity index (χ1) is 14.7. The van der Waals surface area contributed by atoms with Gasteiger partial charge in [0.1, 0.15) is 0 Å². The second-order valence-electron chi connectivity index (χ2n) is 7.64. The van der Waals surface area contributed by atoms with Gasteiger partial charge in [-0.3, -0.25) is 14.3 Å². The molecule has 1 aromatic heterocycles. The van der Waals surface area contributed by atoms with Gasteiger partial charge in [-0.25, -0.2) is 0 Å². The molecule has 1 saturated heterocycles. The first-order valence-electron chi connectivity index (χ1n) is 10.4. The molecule has 154 valence electrons. The molecule has 0 atom stereocenters. The summed E-state index contributed by atoms with van der Waals surface area (Å²) in [6, 6.07) is 17.5. The second-order valence-corrected chi connectivity index (χ2v) is 7.64. The molecule has 4 rings (SSSR count). The van der Waals surface area contributed by atoms with Gasteiger partial charge in [0, 0.05) is 31.4 Å². The first-order valence-corrected chi connectivity index (χ1v) is 10.4. The van der Waals surface area contributed by atoms with E-state index in [-0.39, 0.29) is 11.8 Å². The minimum absolute atomic E-state index is 0.0936. The Kier molecular flexibility index (Phi) is 6.23. The molecule has 3 aromatic rings. The maximum absolute atomic E-state index is 12.5. The molecule has 0 spiro atoms. The Morgan fingerprint density at radius 2 is 1.60 bits per heavy atom. The van der Waals surface area contributed by atoms with Crippen molar-refractivity contribution in [3.05, 3.63) is 89.2 Å². The van der Waals surface area contributed by atoms with Crippen molar-refractivity contribution in [3.63, 3.8) is 0 Å². The lowest BCUT2D eigenvalue weighted by Gasteiger charge is -2.26. The Labute approximate surface area is 176 Å². The number of hydrogen-bond acceptors (Lipinski definition) is 3. The summed E-state index contributed by atoms with van der Waals surface area (Å²) in [7, 11) is 0. The van der Waals surface area contributed by atoms with E-state index in [0.29, 0.717) is 24.2 Å². The number of amides is 2. The second kappa shape index (κ2) is 9.39. The Morgan fingerprint density at radius 3 is 2.33 bits per heavy atom. The number of aromatic nitrogens is 2. The average Bonchev–Trinajstić information content (AvgIpc) is 3.27. The van der Waals surface area contributed by atoms with Crippen molar-refractivity contribution in [1.82, 2.24) is 20.0 Å². The topological polar surface area (TPSA) is 67.2 Å². The summed E-state index contributed by atoms with van der Waals surface area (Å²) in [5.74, 6) is -0.0705. The number of likely N-dealkylation sites (tertiary alicyclic amines) is 1. The van der Waals surface area contributed by atoms with Crippen molar-refractivity contribution in [2.24, 2.45) is 0 Å². The van der Waals surface area contributed by atoms with Crippen LogP contribution in [0.25, 0.3) is 0 Å². The largest absolute Gasteiger partial charge is 0.348 e. The minimum atomic E-state index is -0.164. The number of rotatable bonds is 6. The summed E-state index contributed by atoms with van der Waals surface area (Å²) < 4.78 is 1.76. The normalized spacial score (nSPS) is 13.8. The highest BCUT2D eigenvalue weighted by atomic mass is 16.2. The van der Waals surface area contributed by atoms with Crippen LogP contribution in [0.15, 0.2) is 67.0 Å². The Hall–Kier alpha value is -3.41. The van der Waals surface area contributed by atoms with Crippen molar-refractivity contribution >= 4 is 11.8 Å². The Morgan fingerprint density at radius 1 is 0.867 bits per heavy atom. The molecule has 1 N–H and O–H groups in total. The van der Waals surface area contributed by atoms with E-state index in [1.54, 1.807) is 17.1 Å². The van der Waals surface area contributed by atoms with Crippen LogP contribution in [-0.4, -0.2) is 39.6 Å². The molecule has 1 aliphatic heterocycles. The lowest BCUT2D eigenvalue weighted by molar-refractivity contribution is 0.0724. The van der Waals surface area contributed by atoms with Gasteiger partial charge in [-0.15, -0.1) is 0 Å². The van der Waals surface area contributed by atoms with Gasteiger partial charge in [-0.1, -0.05) is 42.5 Å². The van der Waals surface area contributed by atoms with E-state index in [0.717, 1.165) is 37.1 Å². The summed E-state index contributed by atoms with van der Waals surface area (Å²) in [5, 5.41) is 7.19. The van der Waals surface area contributed by atoms with Crippen molar-refractivity contribution in [2.75, 3.05) is 13.1 Å². The minimum Gasteiger partial charge on any atom is -0.348 e. The van der Waals surface area contributed by atoms with Gasteiger partial charge >= 0.3 is 0 Å². The fraction of sp³-hybridized carbons (Fsp3) is 0.292. The summed E-state index contributed by atoms with van der Waals surface area (Å²) in [4.78, 5) is 26.9. The summed E-state index contributed by atoms with van der Waals surface area (Å²) in [6.45, 7) is 2.71. The molecular weight excluding hydrogens is 376 g/mol. The molecular formula is C24H26N4O2. The highest BCUT2D eigenvalue weighted by molar-refractivity contribution is 5.94. The van der Waals surface area contributed by atoms with E-state index in [1.807, 2.05) is 59.5 Å². The van der Waals surface area contributed by atoms with Gasteiger partial charge < -0.3 is 10.2 Å². The molecule has 0 radical (unpaired) electrons. The van der Waals surface area contributed by atoms with E-state index in [2.05, 4.69) is 10.4 Å². The number of hydrogen-bond donors (Lipinski definition) is 1. The van der Waals surface area contributed by atoms with Crippen molar-refractivity contribution in [1.29, 1.82) is 0 Å². The van der Waals surface area contributed by atoms with E-state index in [4.69, 9.17) is 0 Å². The molecule has 0 unspecified atom stereocenters. The van der Waals surface area contributed by atoms with Gasteiger partial charge in [-0.2, -0.15) is 5.10 Å². The fourth-order valence-corrected chi connectivity index (χ4v) is 3.67. The molecule has 1 fully saturated rings. The summed E-state index contributed by atoms with van der Waals surface area (Å²) in [6.07, 6.45) is 6.70. The molecule has 0 bridgehead atoms. The van der Waals surface area contributed by atoms with Gasteiger partial charge in [0.05, 0.1) is 18.3 Å². The van der Waals surface area contributed by atoms with Crippen LogP contribution >= 0.6 is 0 Å². The molecule has 6 heteroatoms. The van der Waals surface area contributed by atoms with E-state index in [9.17, 15) is 9.59 Å². The smallest absolute Gasteiger partial charge is 0.254 e. The van der Waals surface area contributed by atoms with Crippen molar-refractivity contribution < 1.29 is 9.59 Å². The molecule has 30 heavy (non-hydrogen) atoms. The molecule has 2 amide bonds. The quantitative estimate of drug-likeness (QED) is 0.686. The molecule has 0 saturated carbocycles. The predicted molar refractivity (Wildman–Crippen MR) is 115 cm³/mol. The van der Waals surface area contributed by atoms with Gasteiger partial charge in [0.15, 0.2) is 0 Å². The maximum atomic E-state index is 12.5. The van der Waals surface area contributed by atoms with Crippen molar-refractivity contribution in [2.45, 2.75) is 32.4 Å². The van der Waals surface area contributed by atoms with Crippen LogP contribution in [0.5, 0.6) is 0 Å². The third-order valence-corrected chi connectivity index (χ3v) is 5.38. The number of carbonyl (C=O) groups excluding carboxylic acids is 2. The highest BCUT2D eigenvalue weighted by Crippen LogP contribution is 2.14. The monoisotopic (exact) mass is 402 g/mol. The maximum Gasteiger partial charge on any atom is 0.254 e. The first kappa shape index (κ1) is 19.9. The van der Waals surface area contributed by atoms with E-state index in [1.165, 1.54) is 6.42 Å². The van der Waals surface area contributed by atoms with Crippen LogP contribution in [0, 0.1) is 0 Å². The Bertz CT molecular complexity index is 990. The van der Waals surface area contributed by atoms with Crippen LogP contribution in [0.2, 0.25) is 0 Å². The third-order valence-electron chi connectivity index (χ3n) is 5.38. The lowest BCUT2D eigenvalue weighted by atomic mass is 10.1. The number of nitrogens with one attached hydrogen (secondary N) is 1. The number of benzene rings is 2. The zero-order chi connectivity index (χ0) is 20.8. The van der Waals surface area contributed by atoms with Crippen LogP contribution in [-0.2, 0) is 13.1 Å². The van der Waals surface area contributed by atoms with E-state index >= 15 is 0 Å². The van der Waals surface area contributed by atoms with Crippen LogP contribution < -0.4 is 5.32 Å². The van der Waals surface area contributed by atoms with Gasteiger partial charge in [0.2, 0.25) is 0 Å².